The molecule has 2 aromatic rings. The normalized spacial score (nSPS) is 10.3. The summed E-state index contributed by atoms with van der Waals surface area (Å²) in [6.07, 6.45) is 0. The molecular weight excluding hydrogens is 333 g/mol. The van der Waals surface area contributed by atoms with Crippen LogP contribution in [-0.2, 0) is 0 Å². The molecule has 138 valence electrons. The minimum Gasteiger partial charge on any atom is -0.377 e. The number of rotatable bonds is 6. The molecule has 0 fully saturated rings. The summed E-state index contributed by atoms with van der Waals surface area (Å²) in [4.78, 5) is 28.7. The lowest BCUT2D eigenvalue weighted by Crippen LogP contribution is -2.31. The third-order valence-electron chi connectivity index (χ3n) is 4.14. The predicted octanol–water partition coefficient (Wildman–Crippen LogP) is 3.63. The van der Waals surface area contributed by atoms with Gasteiger partial charge in [0.2, 0.25) is 0 Å². The average molecular weight is 357 g/mol. The second-order valence-corrected chi connectivity index (χ2v) is 6.04. The van der Waals surface area contributed by atoms with Gasteiger partial charge in [-0.25, -0.2) is 4.39 Å². The van der Waals surface area contributed by atoms with Gasteiger partial charge in [0.15, 0.2) is 0 Å². The van der Waals surface area contributed by atoms with Crippen molar-refractivity contribution in [3.05, 3.63) is 59.4 Å². The van der Waals surface area contributed by atoms with E-state index in [0.29, 0.717) is 24.3 Å². The first kappa shape index (κ1) is 19.4. The second-order valence-electron chi connectivity index (χ2n) is 6.04. The maximum Gasteiger partial charge on any atom is 0.258 e. The zero-order valence-corrected chi connectivity index (χ0v) is 15.5. The average Bonchev–Trinajstić information content (AvgIpc) is 2.62. The van der Waals surface area contributed by atoms with E-state index in [1.807, 2.05) is 32.8 Å². The van der Waals surface area contributed by atoms with Crippen molar-refractivity contribution in [2.45, 2.75) is 13.8 Å². The molecule has 0 saturated carbocycles. The summed E-state index contributed by atoms with van der Waals surface area (Å²) in [6.45, 7) is 5.02. The predicted molar refractivity (Wildman–Crippen MR) is 102 cm³/mol. The van der Waals surface area contributed by atoms with Crippen LogP contribution in [0.3, 0.4) is 0 Å². The van der Waals surface area contributed by atoms with Gasteiger partial charge in [-0.3, -0.25) is 9.59 Å². The summed E-state index contributed by atoms with van der Waals surface area (Å²) in [5.41, 5.74) is 1.65. The van der Waals surface area contributed by atoms with Gasteiger partial charge in [-0.05, 0) is 44.2 Å². The van der Waals surface area contributed by atoms with Gasteiger partial charge in [0.05, 0.1) is 11.1 Å². The van der Waals surface area contributed by atoms with Crippen LogP contribution in [0.5, 0.6) is 0 Å². The van der Waals surface area contributed by atoms with Crippen LogP contribution in [0.4, 0.5) is 15.8 Å². The van der Waals surface area contributed by atoms with Crippen LogP contribution in [0.1, 0.15) is 34.6 Å². The summed E-state index contributed by atoms with van der Waals surface area (Å²) < 4.78 is 13.8. The van der Waals surface area contributed by atoms with Crippen LogP contribution in [0.2, 0.25) is 0 Å². The minimum absolute atomic E-state index is 0.0409. The summed E-state index contributed by atoms with van der Waals surface area (Å²) in [5, 5.41) is 2.67. The monoisotopic (exact) mass is 357 g/mol. The number of hydrogen-bond donors (Lipinski definition) is 1. The summed E-state index contributed by atoms with van der Waals surface area (Å²) in [7, 11) is 3.71. The van der Waals surface area contributed by atoms with Gasteiger partial charge in [0.25, 0.3) is 11.8 Å². The fraction of sp³-hybridized carbons (Fsp3) is 0.300. The van der Waals surface area contributed by atoms with Crippen molar-refractivity contribution in [1.82, 2.24) is 4.90 Å². The second kappa shape index (κ2) is 8.47. The zero-order chi connectivity index (χ0) is 19.3. The molecule has 2 amide bonds. The van der Waals surface area contributed by atoms with Gasteiger partial charge < -0.3 is 15.1 Å². The largest absolute Gasteiger partial charge is 0.377 e. The van der Waals surface area contributed by atoms with E-state index < -0.39 is 11.7 Å². The molecule has 26 heavy (non-hydrogen) atoms. The maximum absolute atomic E-state index is 13.8. The molecule has 2 aromatic carbocycles. The van der Waals surface area contributed by atoms with Gasteiger partial charge in [-0.15, -0.1) is 0 Å². The Kier molecular flexibility index (Phi) is 6.33. The molecule has 0 heterocycles. The molecule has 0 bridgehead atoms. The Hall–Kier alpha value is -2.89. The van der Waals surface area contributed by atoms with Crippen molar-refractivity contribution in [1.29, 1.82) is 0 Å². The highest BCUT2D eigenvalue weighted by atomic mass is 19.1. The number of benzene rings is 2. The molecule has 5 nitrogen and oxygen atoms in total. The van der Waals surface area contributed by atoms with Gasteiger partial charge in [0, 0.05) is 38.6 Å². The highest BCUT2D eigenvalue weighted by Gasteiger charge is 2.19. The number of nitrogens with one attached hydrogen (secondary N) is 1. The van der Waals surface area contributed by atoms with E-state index in [2.05, 4.69) is 5.32 Å². The summed E-state index contributed by atoms with van der Waals surface area (Å²) in [5.74, 6) is -1.25. The lowest BCUT2D eigenvalue weighted by atomic mass is 10.1. The highest BCUT2D eigenvalue weighted by molar-refractivity contribution is 6.06. The molecule has 1 N–H and O–H groups in total. The number of carbonyl (C=O) groups is 2. The SMILES string of the molecule is CCN(CC)C(=O)c1cc(NC(=O)c2ccccc2F)ccc1N(C)C. The zero-order valence-electron chi connectivity index (χ0n) is 15.5. The number of anilines is 2. The fourth-order valence-electron chi connectivity index (χ4n) is 2.70. The number of halogens is 1. The van der Waals surface area contributed by atoms with E-state index in [0.717, 1.165) is 5.69 Å². The van der Waals surface area contributed by atoms with Crippen LogP contribution < -0.4 is 10.2 Å². The molecule has 0 aliphatic rings. The van der Waals surface area contributed by atoms with Gasteiger partial charge in [-0.1, -0.05) is 12.1 Å². The van der Waals surface area contributed by atoms with Crippen molar-refractivity contribution < 1.29 is 14.0 Å². The molecule has 0 aliphatic heterocycles. The van der Waals surface area contributed by atoms with E-state index in [9.17, 15) is 14.0 Å². The topological polar surface area (TPSA) is 52.7 Å². The molecule has 0 saturated heterocycles. The molecule has 2 rings (SSSR count). The Morgan fingerprint density at radius 3 is 2.23 bits per heavy atom. The van der Waals surface area contributed by atoms with Gasteiger partial charge in [0.1, 0.15) is 5.82 Å². The lowest BCUT2D eigenvalue weighted by Gasteiger charge is -2.23. The van der Waals surface area contributed by atoms with Crippen LogP contribution >= 0.6 is 0 Å². The van der Waals surface area contributed by atoms with Crippen LogP contribution in [0, 0.1) is 5.82 Å². The fourth-order valence-corrected chi connectivity index (χ4v) is 2.70. The van der Waals surface area contributed by atoms with E-state index in [1.54, 1.807) is 29.2 Å². The quantitative estimate of drug-likeness (QED) is 0.859. The van der Waals surface area contributed by atoms with Crippen LogP contribution in [0.15, 0.2) is 42.5 Å². The molecular formula is C20H24FN3O2. The van der Waals surface area contributed by atoms with E-state index in [-0.39, 0.29) is 11.5 Å². The molecule has 0 radical (unpaired) electrons. The highest BCUT2D eigenvalue weighted by Crippen LogP contribution is 2.25. The summed E-state index contributed by atoms with van der Waals surface area (Å²) >= 11 is 0. The Balaban J connectivity index is 2.36. The minimum atomic E-state index is -0.589. The molecule has 0 aromatic heterocycles. The van der Waals surface area contributed by atoms with Crippen molar-refractivity contribution in [3.63, 3.8) is 0 Å². The lowest BCUT2D eigenvalue weighted by molar-refractivity contribution is 0.0773. The molecule has 0 spiro atoms. The standard InChI is InChI=1S/C20H24FN3O2/c1-5-24(6-2)20(26)16-13-14(11-12-18(16)23(3)4)22-19(25)15-9-7-8-10-17(15)21/h7-13H,5-6H2,1-4H3,(H,22,25). The number of nitrogens with zero attached hydrogens (tertiary/aromatic N) is 2. The van der Waals surface area contributed by atoms with Crippen molar-refractivity contribution in [3.8, 4) is 0 Å². The Morgan fingerprint density at radius 1 is 1.00 bits per heavy atom. The van der Waals surface area contributed by atoms with Crippen molar-refractivity contribution in [2.24, 2.45) is 0 Å². The molecule has 0 aliphatic carbocycles. The Bertz CT molecular complexity index is 801. The van der Waals surface area contributed by atoms with Gasteiger partial charge in [-0.2, -0.15) is 0 Å². The third kappa shape index (κ3) is 4.20. The third-order valence-corrected chi connectivity index (χ3v) is 4.14. The van der Waals surface area contributed by atoms with Crippen molar-refractivity contribution in [2.75, 3.05) is 37.4 Å². The Labute approximate surface area is 153 Å². The Morgan fingerprint density at radius 2 is 1.65 bits per heavy atom. The first-order chi connectivity index (χ1) is 12.4. The molecule has 6 heteroatoms. The van der Waals surface area contributed by atoms with Gasteiger partial charge >= 0.3 is 0 Å². The van der Waals surface area contributed by atoms with E-state index in [1.165, 1.54) is 18.2 Å². The van der Waals surface area contributed by atoms with E-state index >= 15 is 0 Å². The summed E-state index contributed by atoms with van der Waals surface area (Å²) in [6, 6.07) is 10.9. The maximum atomic E-state index is 13.8. The smallest absolute Gasteiger partial charge is 0.258 e. The van der Waals surface area contributed by atoms with Crippen LogP contribution in [-0.4, -0.2) is 43.9 Å². The molecule has 0 atom stereocenters. The number of amides is 2. The first-order valence-electron chi connectivity index (χ1n) is 8.55. The van der Waals surface area contributed by atoms with Crippen molar-refractivity contribution >= 4 is 23.2 Å². The van der Waals surface area contributed by atoms with E-state index in [4.69, 9.17) is 0 Å². The number of carbonyl (C=O) groups excluding carboxylic acids is 2. The molecule has 0 unspecified atom stereocenters. The number of hydrogen-bond acceptors (Lipinski definition) is 3. The van der Waals surface area contributed by atoms with Crippen LogP contribution in [0.25, 0.3) is 0 Å². The first-order valence-corrected chi connectivity index (χ1v) is 8.55.